The molecule has 1 saturated heterocycles. The third-order valence-corrected chi connectivity index (χ3v) is 4.32. The van der Waals surface area contributed by atoms with Gasteiger partial charge in [0.2, 0.25) is 0 Å². The molecule has 1 amide bonds. The van der Waals surface area contributed by atoms with Gasteiger partial charge in [-0.25, -0.2) is 4.79 Å². The van der Waals surface area contributed by atoms with E-state index in [-0.39, 0.29) is 23.7 Å². The maximum Gasteiger partial charge on any atom is 0.410 e. The van der Waals surface area contributed by atoms with E-state index in [9.17, 15) is 19.7 Å². The lowest BCUT2D eigenvalue weighted by molar-refractivity contribution is -0.385. The van der Waals surface area contributed by atoms with Crippen molar-refractivity contribution in [1.29, 1.82) is 0 Å². The van der Waals surface area contributed by atoms with Crippen LogP contribution in [0.4, 0.5) is 10.5 Å². The molecule has 27 heavy (non-hydrogen) atoms. The lowest BCUT2D eigenvalue weighted by Crippen LogP contribution is -2.43. The van der Waals surface area contributed by atoms with Gasteiger partial charge in [-0.2, -0.15) is 0 Å². The van der Waals surface area contributed by atoms with Crippen LogP contribution in [-0.4, -0.2) is 40.6 Å². The zero-order chi connectivity index (χ0) is 20.2. The largest absolute Gasteiger partial charge is 0.458 e. The van der Waals surface area contributed by atoms with E-state index >= 15 is 0 Å². The lowest BCUT2D eigenvalue weighted by atomic mass is 9.97. The highest BCUT2D eigenvalue weighted by Crippen LogP contribution is 2.26. The Hall–Kier alpha value is -2.64. The molecule has 0 saturated carbocycles. The van der Waals surface area contributed by atoms with Crippen molar-refractivity contribution in [3.8, 4) is 0 Å². The summed E-state index contributed by atoms with van der Waals surface area (Å²) in [5, 5.41) is 10.9. The van der Waals surface area contributed by atoms with Gasteiger partial charge in [-0.05, 0) is 46.1 Å². The Morgan fingerprint density at radius 2 is 1.89 bits per heavy atom. The third kappa shape index (κ3) is 5.94. The summed E-state index contributed by atoms with van der Waals surface area (Å²) in [6, 6.07) is 6.06. The molecule has 1 heterocycles. The molecule has 0 aromatic heterocycles. The van der Waals surface area contributed by atoms with Crippen molar-refractivity contribution in [2.75, 3.05) is 13.1 Å². The second kappa shape index (κ2) is 8.37. The number of nitro benzene ring substituents is 1. The topological polar surface area (TPSA) is 99.0 Å². The van der Waals surface area contributed by atoms with Gasteiger partial charge in [0.25, 0.3) is 5.69 Å². The van der Waals surface area contributed by atoms with Gasteiger partial charge in [0.1, 0.15) is 11.7 Å². The highest BCUT2D eigenvalue weighted by molar-refractivity contribution is 5.74. The van der Waals surface area contributed by atoms with Crippen LogP contribution in [0.1, 0.15) is 52.2 Å². The normalized spacial score (nSPS) is 16.5. The van der Waals surface area contributed by atoms with Gasteiger partial charge in [0.05, 0.1) is 10.8 Å². The first-order chi connectivity index (χ1) is 12.6. The minimum atomic E-state index is -0.582. The number of ether oxygens (including phenoxy) is 2. The Balaban J connectivity index is 1.88. The second-order valence-corrected chi connectivity index (χ2v) is 7.67. The molecule has 0 unspecified atom stereocenters. The molecule has 148 valence electrons. The van der Waals surface area contributed by atoms with E-state index < -0.39 is 16.6 Å². The van der Waals surface area contributed by atoms with Gasteiger partial charge in [-0.3, -0.25) is 14.9 Å². The molecule has 0 radical (unpaired) electrons. The number of nitrogens with zero attached hydrogens (tertiary/aromatic N) is 2. The van der Waals surface area contributed by atoms with Gasteiger partial charge in [0, 0.05) is 25.2 Å². The Morgan fingerprint density at radius 1 is 1.26 bits per heavy atom. The minimum Gasteiger partial charge on any atom is -0.458 e. The average molecular weight is 378 g/mol. The van der Waals surface area contributed by atoms with Crippen molar-refractivity contribution in [1.82, 2.24) is 4.90 Å². The van der Waals surface area contributed by atoms with E-state index in [2.05, 4.69) is 0 Å². The Morgan fingerprint density at radius 3 is 2.44 bits per heavy atom. The van der Waals surface area contributed by atoms with Crippen LogP contribution in [0.15, 0.2) is 24.3 Å². The molecule has 1 aromatic rings. The van der Waals surface area contributed by atoms with Crippen LogP contribution >= 0.6 is 0 Å². The summed E-state index contributed by atoms with van der Waals surface area (Å²) in [5.74, 6) is -0.650. The number of hydrogen-bond donors (Lipinski definition) is 0. The smallest absolute Gasteiger partial charge is 0.410 e. The monoisotopic (exact) mass is 378 g/mol. The Labute approximate surface area is 158 Å². The van der Waals surface area contributed by atoms with Crippen molar-refractivity contribution in [2.45, 2.75) is 52.2 Å². The molecule has 2 rings (SSSR count). The fourth-order valence-electron chi connectivity index (χ4n) is 2.85. The molecule has 0 N–H and O–H groups in total. The fourth-order valence-corrected chi connectivity index (χ4v) is 2.85. The Kier molecular flexibility index (Phi) is 6.41. The van der Waals surface area contributed by atoms with Gasteiger partial charge in [0.15, 0.2) is 0 Å². The van der Waals surface area contributed by atoms with Crippen LogP contribution < -0.4 is 0 Å². The first kappa shape index (κ1) is 20.7. The molecule has 1 fully saturated rings. The highest BCUT2D eigenvalue weighted by Gasteiger charge is 2.31. The number of non-ortho nitro benzene ring substituents is 1. The molecule has 1 aliphatic rings. The predicted octanol–water partition coefficient (Wildman–Crippen LogP) is 3.85. The molecular weight excluding hydrogens is 352 g/mol. The van der Waals surface area contributed by atoms with Crippen molar-refractivity contribution < 1.29 is 24.0 Å². The van der Waals surface area contributed by atoms with Gasteiger partial charge in [-0.15, -0.1) is 0 Å². The standard InChI is InChI=1S/C19H26N2O6/c1-13(15-6-5-7-16(12-15)21(24)25)26-17(22)14-8-10-20(11-9-14)18(23)27-19(2,3)4/h5-7,12-14H,8-11H2,1-4H3/t13-/m1/s1. The molecule has 8 heteroatoms. The number of nitro groups is 1. The van der Waals surface area contributed by atoms with Crippen LogP contribution in [-0.2, 0) is 14.3 Å². The van der Waals surface area contributed by atoms with E-state index in [0.29, 0.717) is 31.5 Å². The quantitative estimate of drug-likeness (QED) is 0.448. The number of hydrogen-bond acceptors (Lipinski definition) is 6. The average Bonchev–Trinajstić information content (AvgIpc) is 2.60. The fraction of sp³-hybridized carbons (Fsp3) is 0.579. The van der Waals surface area contributed by atoms with Crippen LogP contribution in [0, 0.1) is 16.0 Å². The summed E-state index contributed by atoms with van der Waals surface area (Å²) in [7, 11) is 0. The zero-order valence-corrected chi connectivity index (χ0v) is 16.1. The predicted molar refractivity (Wildman–Crippen MR) is 98.1 cm³/mol. The maximum atomic E-state index is 12.4. The van der Waals surface area contributed by atoms with Crippen LogP contribution in [0.25, 0.3) is 0 Å². The van der Waals surface area contributed by atoms with Crippen LogP contribution in [0.5, 0.6) is 0 Å². The number of rotatable bonds is 4. The van der Waals surface area contributed by atoms with Gasteiger partial charge < -0.3 is 14.4 Å². The SMILES string of the molecule is C[C@@H](OC(=O)C1CCN(C(=O)OC(C)(C)C)CC1)c1cccc([N+](=O)[O-])c1. The van der Waals surface area contributed by atoms with E-state index in [4.69, 9.17) is 9.47 Å². The highest BCUT2D eigenvalue weighted by atomic mass is 16.6. The Bertz CT molecular complexity index is 704. The van der Waals surface area contributed by atoms with E-state index in [0.717, 1.165) is 0 Å². The number of esters is 1. The van der Waals surface area contributed by atoms with Crippen molar-refractivity contribution in [2.24, 2.45) is 5.92 Å². The number of carbonyl (C=O) groups excluding carboxylic acids is 2. The summed E-state index contributed by atoms with van der Waals surface area (Å²) in [6.45, 7) is 7.98. The number of amides is 1. The first-order valence-electron chi connectivity index (χ1n) is 8.99. The number of likely N-dealkylation sites (tertiary alicyclic amines) is 1. The summed E-state index contributed by atoms with van der Waals surface area (Å²) < 4.78 is 10.8. The number of carbonyl (C=O) groups is 2. The van der Waals surface area contributed by atoms with Gasteiger partial charge >= 0.3 is 12.1 Å². The molecule has 1 aromatic carbocycles. The molecule has 1 aliphatic heterocycles. The number of piperidine rings is 1. The van der Waals surface area contributed by atoms with Crippen LogP contribution in [0.3, 0.4) is 0 Å². The van der Waals surface area contributed by atoms with Crippen molar-refractivity contribution in [3.63, 3.8) is 0 Å². The lowest BCUT2D eigenvalue weighted by Gasteiger charge is -2.33. The zero-order valence-electron chi connectivity index (χ0n) is 16.1. The summed E-state index contributed by atoms with van der Waals surface area (Å²) >= 11 is 0. The maximum absolute atomic E-state index is 12.4. The molecular formula is C19H26N2O6. The third-order valence-electron chi connectivity index (χ3n) is 4.32. The van der Waals surface area contributed by atoms with E-state index in [1.807, 2.05) is 20.8 Å². The molecule has 0 bridgehead atoms. The summed E-state index contributed by atoms with van der Waals surface area (Å²) in [6.07, 6.45) is 0.0417. The molecule has 8 nitrogen and oxygen atoms in total. The minimum absolute atomic E-state index is 0.0407. The van der Waals surface area contributed by atoms with Gasteiger partial charge in [-0.1, -0.05) is 12.1 Å². The molecule has 0 spiro atoms. The van der Waals surface area contributed by atoms with E-state index in [1.54, 1.807) is 24.0 Å². The van der Waals surface area contributed by atoms with E-state index in [1.165, 1.54) is 12.1 Å². The molecule has 0 aliphatic carbocycles. The summed E-state index contributed by atoms with van der Waals surface area (Å²) in [4.78, 5) is 36.5. The van der Waals surface area contributed by atoms with Crippen LogP contribution in [0.2, 0.25) is 0 Å². The first-order valence-corrected chi connectivity index (χ1v) is 8.99. The summed E-state index contributed by atoms with van der Waals surface area (Å²) in [5.41, 5.74) is -0.0227. The van der Waals surface area contributed by atoms with Crippen molar-refractivity contribution in [3.05, 3.63) is 39.9 Å². The molecule has 1 atom stereocenters. The second-order valence-electron chi connectivity index (χ2n) is 7.67. The number of benzene rings is 1. The van der Waals surface area contributed by atoms with Crippen molar-refractivity contribution >= 4 is 17.7 Å².